The van der Waals surface area contributed by atoms with Gasteiger partial charge in [0.25, 0.3) is 0 Å². The van der Waals surface area contributed by atoms with Crippen molar-refractivity contribution in [2.75, 3.05) is 18.5 Å². The van der Waals surface area contributed by atoms with Gasteiger partial charge in [0.2, 0.25) is 5.91 Å². The summed E-state index contributed by atoms with van der Waals surface area (Å²) in [5.41, 5.74) is 1.62. The van der Waals surface area contributed by atoms with Crippen LogP contribution in [0, 0.1) is 5.82 Å². The second-order valence-electron chi connectivity index (χ2n) is 5.54. The molecule has 0 fully saturated rings. The molecule has 2 aromatic rings. The number of rotatable bonds is 5. The van der Waals surface area contributed by atoms with E-state index < -0.39 is 0 Å². The van der Waals surface area contributed by atoms with Gasteiger partial charge in [0.1, 0.15) is 19.0 Å². The lowest BCUT2D eigenvalue weighted by Gasteiger charge is -2.19. The molecule has 25 heavy (non-hydrogen) atoms. The van der Waals surface area contributed by atoms with Crippen molar-refractivity contribution in [3.05, 3.63) is 52.3 Å². The number of ether oxygens (including phenoxy) is 2. The maximum Gasteiger partial charge on any atom is 0.237 e. The standard InChI is InChI=1S/C18H17BrFNO3S/c1-11(25-10-12-2-3-13(20)8-15(12)19)18(22)21-14-4-5-16-17(9-14)24-7-6-23-16/h2-5,8-9,11H,6-7,10H2,1H3,(H,21,22). The number of fused-ring (bicyclic) bond motifs is 1. The van der Waals surface area contributed by atoms with Gasteiger partial charge in [-0.15, -0.1) is 11.8 Å². The molecule has 132 valence electrons. The van der Waals surface area contributed by atoms with Crippen LogP contribution in [0.3, 0.4) is 0 Å². The normalized spacial score (nSPS) is 14.0. The maximum atomic E-state index is 13.1. The van der Waals surface area contributed by atoms with Crippen LogP contribution in [0.25, 0.3) is 0 Å². The first kappa shape index (κ1) is 18.1. The molecule has 2 aromatic carbocycles. The van der Waals surface area contributed by atoms with E-state index in [9.17, 15) is 9.18 Å². The molecule has 0 spiro atoms. The van der Waals surface area contributed by atoms with Gasteiger partial charge in [-0.1, -0.05) is 22.0 Å². The third-order valence-electron chi connectivity index (χ3n) is 3.68. The van der Waals surface area contributed by atoms with Crippen molar-refractivity contribution in [2.45, 2.75) is 17.9 Å². The molecule has 7 heteroatoms. The van der Waals surface area contributed by atoms with Crippen molar-refractivity contribution in [1.29, 1.82) is 0 Å². The van der Waals surface area contributed by atoms with Crippen molar-refractivity contribution >= 4 is 39.3 Å². The number of benzene rings is 2. The molecule has 0 radical (unpaired) electrons. The average molecular weight is 426 g/mol. The number of halogens is 2. The minimum atomic E-state index is -0.287. The topological polar surface area (TPSA) is 47.6 Å². The van der Waals surface area contributed by atoms with E-state index in [-0.39, 0.29) is 17.0 Å². The first-order chi connectivity index (χ1) is 12.0. The predicted octanol–water partition coefficient (Wildman–Crippen LogP) is 4.62. The zero-order valence-electron chi connectivity index (χ0n) is 13.6. The minimum absolute atomic E-state index is 0.0973. The number of hydrogen-bond donors (Lipinski definition) is 1. The summed E-state index contributed by atoms with van der Waals surface area (Å²) in [6, 6.07) is 9.91. The molecule has 1 N–H and O–H groups in total. The van der Waals surface area contributed by atoms with Gasteiger partial charge in [-0.2, -0.15) is 0 Å². The summed E-state index contributed by atoms with van der Waals surface area (Å²) in [6.07, 6.45) is 0. The van der Waals surface area contributed by atoms with Gasteiger partial charge in [0.05, 0.1) is 5.25 Å². The van der Waals surface area contributed by atoms with Crippen LogP contribution in [0.5, 0.6) is 11.5 Å². The monoisotopic (exact) mass is 425 g/mol. The summed E-state index contributed by atoms with van der Waals surface area (Å²) in [4.78, 5) is 12.4. The van der Waals surface area contributed by atoms with Crippen LogP contribution in [0.15, 0.2) is 40.9 Å². The fourth-order valence-corrected chi connectivity index (χ4v) is 3.86. The van der Waals surface area contributed by atoms with E-state index in [1.807, 2.05) is 6.92 Å². The molecule has 1 aliphatic heterocycles. The minimum Gasteiger partial charge on any atom is -0.486 e. The smallest absolute Gasteiger partial charge is 0.237 e. The number of nitrogens with one attached hydrogen (secondary N) is 1. The van der Waals surface area contributed by atoms with Crippen molar-refractivity contribution in [3.8, 4) is 11.5 Å². The van der Waals surface area contributed by atoms with E-state index in [0.29, 0.717) is 40.6 Å². The Morgan fingerprint density at radius 2 is 2.00 bits per heavy atom. The summed E-state index contributed by atoms with van der Waals surface area (Å²) >= 11 is 4.83. The molecule has 1 heterocycles. The summed E-state index contributed by atoms with van der Waals surface area (Å²) < 4.78 is 24.8. The van der Waals surface area contributed by atoms with Crippen molar-refractivity contribution < 1.29 is 18.7 Å². The summed E-state index contributed by atoms with van der Waals surface area (Å²) in [6.45, 7) is 2.88. The first-order valence-corrected chi connectivity index (χ1v) is 9.63. The lowest BCUT2D eigenvalue weighted by Crippen LogP contribution is -2.23. The SMILES string of the molecule is CC(SCc1ccc(F)cc1Br)C(=O)Nc1ccc2c(c1)OCCO2. The lowest BCUT2D eigenvalue weighted by atomic mass is 10.2. The highest BCUT2D eigenvalue weighted by atomic mass is 79.9. The quantitative estimate of drug-likeness (QED) is 0.758. The highest BCUT2D eigenvalue weighted by Crippen LogP contribution is 2.33. The van der Waals surface area contributed by atoms with Gasteiger partial charge in [-0.3, -0.25) is 4.79 Å². The summed E-state index contributed by atoms with van der Waals surface area (Å²) in [5.74, 6) is 1.55. The molecule has 1 amide bonds. The predicted molar refractivity (Wildman–Crippen MR) is 101 cm³/mol. The van der Waals surface area contributed by atoms with E-state index in [1.54, 1.807) is 24.3 Å². The maximum absolute atomic E-state index is 13.1. The van der Waals surface area contributed by atoms with E-state index >= 15 is 0 Å². The Balaban J connectivity index is 1.57. The lowest BCUT2D eigenvalue weighted by molar-refractivity contribution is -0.115. The molecule has 0 aliphatic carbocycles. The average Bonchev–Trinajstić information content (AvgIpc) is 2.60. The van der Waals surface area contributed by atoms with Gasteiger partial charge < -0.3 is 14.8 Å². The third kappa shape index (κ3) is 4.67. The second-order valence-corrected chi connectivity index (χ2v) is 7.72. The molecule has 0 saturated heterocycles. The van der Waals surface area contributed by atoms with Gasteiger partial charge in [0.15, 0.2) is 11.5 Å². The van der Waals surface area contributed by atoms with Crippen LogP contribution >= 0.6 is 27.7 Å². The zero-order valence-corrected chi connectivity index (χ0v) is 16.0. The first-order valence-electron chi connectivity index (χ1n) is 7.79. The number of thioether (sulfide) groups is 1. The van der Waals surface area contributed by atoms with Crippen molar-refractivity contribution in [3.63, 3.8) is 0 Å². The van der Waals surface area contributed by atoms with Crippen LogP contribution in [0.2, 0.25) is 0 Å². The summed E-state index contributed by atoms with van der Waals surface area (Å²) in [5, 5.41) is 2.63. The van der Waals surface area contributed by atoms with Crippen LogP contribution in [-0.4, -0.2) is 24.4 Å². The molecule has 1 unspecified atom stereocenters. The van der Waals surface area contributed by atoms with Crippen molar-refractivity contribution in [1.82, 2.24) is 0 Å². The molecule has 1 atom stereocenters. The van der Waals surface area contributed by atoms with E-state index in [2.05, 4.69) is 21.2 Å². The van der Waals surface area contributed by atoms with Crippen molar-refractivity contribution in [2.24, 2.45) is 0 Å². The zero-order chi connectivity index (χ0) is 17.8. The number of anilines is 1. The van der Waals surface area contributed by atoms with Gasteiger partial charge in [-0.05, 0) is 36.8 Å². The molecular weight excluding hydrogens is 409 g/mol. The van der Waals surface area contributed by atoms with Gasteiger partial charge >= 0.3 is 0 Å². The highest BCUT2D eigenvalue weighted by Gasteiger charge is 2.17. The van der Waals surface area contributed by atoms with Crippen LogP contribution < -0.4 is 14.8 Å². The molecule has 0 aromatic heterocycles. The number of carbonyl (C=O) groups is 1. The van der Waals surface area contributed by atoms with Crippen LogP contribution in [0.4, 0.5) is 10.1 Å². The fourth-order valence-electron chi connectivity index (χ4n) is 2.29. The number of carbonyl (C=O) groups excluding carboxylic acids is 1. The Hall–Kier alpha value is -1.73. The van der Waals surface area contributed by atoms with Gasteiger partial charge in [0, 0.05) is 22.0 Å². The Morgan fingerprint density at radius 1 is 1.24 bits per heavy atom. The Bertz CT molecular complexity index is 787. The number of amides is 1. The van der Waals surface area contributed by atoms with Gasteiger partial charge in [-0.25, -0.2) is 4.39 Å². The van der Waals surface area contributed by atoms with E-state index in [4.69, 9.17) is 9.47 Å². The Kier molecular flexibility index (Phi) is 5.86. The van der Waals surface area contributed by atoms with E-state index in [1.165, 1.54) is 23.9 Å². The fraction of sp³-hybridized carbons (Fsp3) is 0.278. The second kappa shape index (κ2) is 8.10. The highest BCUT2D eigenvalue weighted by molar-refractivity contribution is 9.10. The van der Waals surface area contributed by atoms with Crippen LogP contribution in [0.1, 0.15) is 12.5 Å². The molecule has 0 saturated carbocycles. The Labute approximate surface area is 158 Å². The molecule has 4 nitrogen and oxygen atoms in total. The Morgan fingerprint density at radius 3 is 2.76 bits per heavy atom. The third-order valence-corrected chi connectivity index (χ3v) is 5.61. The number of hydrogen-bond acceptors (Lipinski definition) is 4. The van der Waals surface area contributed by atoms with E-state index in [0.717, 1.165) is 5.56 Å². The van der Waals surface area contributed by atoms with Crippen LogP contribution in [-0.2, 0) is 10.5 Å². The molecule has 3 rings (SSSR count). The molecular formula is C18H17BrFNO3S. The molecule has 0 bridgehead atoms. The molecule has 1 aliphatic rings. The largest absolute Gasteiger partial charge is 0.486 e. The summed E-state index contributed by atoms with van der Waals surface area (Å²) in [7, 11) is 0.